The highest BCUT2D eigenvalue weighted by Gasteiger charge is 2.49. The van der Waals surface area contributed by atoms with Crippen LogP contribution in [0, 0.1) is 23.7 Å². The van der Waals surface area contributed by atoms with Crippen molar-refractivity contribution in [3.63, 3.8) is 0 Å². The summed E-state index contributed by atoms with van der Waals surface area (Å²) < 4.78 is 0. The zero-order chi connectivity index (χ0) is 11.6. The fourth-order valence-corrected chi connectivity index (χ4v) is 5.00. The maximum atomic E-state index is 5.81. The van der Waals surface area contributed by atoms with E-state index in [1.165, 1.54) is 36.9 Å². The third-order valence-electron chi connectivity index (χ3n) is 5.35. The monoisotopic (exact) mass is 232 g/mol. The van der Waals surface area contributed by atoms with Gasteiger partial charge in [-0.15, -0.1) is 0 Å². The smallest absolute Gasteiger partial charge is 0.144 e. The molecule has 0 atom stereocenters. The van der Waals surface area contributed by atoms with Gasteiger partial charge in [-0.05, 0) is 55.8 Å². The molecular formula is C13H20N4. The molecule has 0 saturated heterocycles. The summed E-state index contributed by atoms with van der Waals surface area (Å²) in [5.74, 6) is 10.6. The summed E-state index contributed by atoms with van der Waals surface area (Å²) >= 11 is 0. The fraction of sp³-hybridized carbons (Fsp3) is 0.769. The van der Waals surface area contributed by atoms with E-state index in [2.05, 4.69) is 5.10 Å². The molecule has 0 unspecified atom stereocenters. The molecule has 4 N–H and O–H groups in total. The molecule has 0 amide bonds. The minimum atomic E-state index is 0.591. The van der Waals surface area contributed by atoms with Crippen LogP contribution in [0.5, 0.6) is 0 Å². The first kappa shape index (κ1) is 9.80. The maximum Gasteiger partial charge on any atom is 0.144 e. The van der Waals surface area contributed by atoms with Gasteiger partial charge in [-0.2, -0.15) is 9.89 Å². The predicted octanol–water partition coefficient (Wildman–Crippen LogP) is 1.72. The van der Waals surface area contributed by atoms with Gasteiger partial charge in [0.05, 0.1) is 5.69 Å². The van der Waals surface area contributed by atoms with Crippen molar-refractivity contribution in [3.05, 3.63) is 11.8 Å². The Morgan fingerprint density at radius 2 is 1.65 bits per heavy atom. The number of anilines is 1. The van der Waals surface area contributed by atoms with Crippen molar-refractivity contribution in [3.8, 4) is 0 Å². The zero-order valence-electron chi connectivity index (χ0n) is 10.0. The SMILES string of the molecule is Nc1cc(C2C3CC4CC(C3)CC2C4)nn1N. The Labute approximate surface area is 101 Å². The lowest BCUT2D eigenvalue weighted by Gasteiger charge is -2.54. The van der Waals surface area contributed by atoms with Crippen molar-refractivity contribution in [2.24, 2.45) is 23.7 Å². The average molecular weight is 232 g/mol. The highest BCUT2D eigenvalue weighted by Crippen LogP contribution is 2.59. The molecule has 4 aliphatic rings. The van der Waals surface area contributed by atoms with Crippen LogP contribution in [-0.4, -0.2) is 9.89 Å². The molecule has 17 heavy (non-hydrogen) atoms. The van der Waals surface area contributed by atoms with Gasteiger partial charge >= 0.3 is 0 Å². The molecule has 4 aliphatic carbocycles. The normalized spacial score (nSPS) is 43.2. The summed E-state index contributed by atoms with van der Waals surface area (Å²) in [4.78, 5) is 1.33. The van der Waals surface area contributed by atoms with Crippen molar-refractivity contribution >= 4 is 5.82 Å². The molecule has 5 rings (SSSR count). The number of nitrogen functional groups attached to an aromatic ring is 2. The maximum absolute atomic E-state index is 5.81. The third-order valence-corrected chi connectivity index (χ3v) is 5.35. The molecule has 0 radical (unpaired) electrons. The molecule has 0 aliphatic heterocycles. The number of rotatable bonds is 1. The minimum Gasteiger partial charge on any atom is -0.382 e. The van der Waals surface area contributed by atoms with Gasteiger partial charge in [-0.25, -0.2) is 0 Å². The summed E-state index contributed by atoms with van der Waals surface area (Å²) in [7, 11) is 0. The first-order chi connectivity index (χ1) is 8.20. The van der Waals surface area contributed by atoms with Crippen LogP contribution < -0.4 is 11.6 Å². The van der Waals surface area contributed by atoms with Crippen LogP contribution in [0.3, 0.4) is 0 Å². The largest absolute Gasteiger partial charge is 0.382 e. The van der Waals surface area contributed by atoms with Crippen LogP contribution in [0.25, 0.3) is 0 Å². The Kier molecular flexibility index (Phi) is 1.83. The van der Waals surface area contributed by atoms with Crippen LogP contribution in [-0.2, 0) is 0 Å². The molecule has 4 bridgehead atoms. The highest BCUT2D eigenvalue weighted by atomic mass is 15.5. The van der Waals surface area contributed by atoms with Gasteiger partial charge < -0.3 is 11.6 Å². The third kappa shape index (κ3) is 1.33. The van der Waals surface area contributed by atoms with Crippen LogP contribution >= 0.6 is 0 Å². The first-order valence-electron chi connectivity index (χ1n) is 6.81. The van der Waals surface area contributed by atoms with E-state index in [-0.39, 0.29) is 0 Å². The van der Waals surface area contributed by atoms with Crippen LogP contribution in [0.1, 0.15) is 43.7 Å². The Morgan fingerprint density at radius 1 is 1.06 bits per heavy atom. The summed E-state index contributed by atoms with van der Waals surface area (Å²) in [5, 5.41) is 4.43. The topological polar surface area (TPSA) is 69.9 Å². The van der Waals surface area contributed by atoms with Gasteiger partial charge in [-0.3, -0.25) is 0 Å². The van der Waals surface area contributed by atoms with Gasteiger partial charge in [0.15, 0.2) is 0 Å². The molecule has 1 aromatic heterocycles. The molecule has 92 valence electrons. The number of nitrogens with two attached hydrogens (primary N) is 2. The highest BCUT2D eigenvalue weighted by molar-refractivity contribution is 5.33. The van der Waals surface area contributed by atoms with Crippen molar-refractivity contribution < 1.29 is 0 Å². The molecular weight excluding hydrogens is 212 g/mol. The van der Waals surface area contributed by atoms with Crippen LogP contribution in [0.2, 0.25) is 0 Å². The lowest BCUT2D eigenvalue weighted by Crippen LogP contribution is -2.44. The first-order valence-corrected chi connectivity index (χ1v) is 6.81. The molecule has 0 spiro atoms. The molecule has 0 aromatic carbocycles. The van der Waals surface area contributed by atoms with E-state index < -0.39 is 0 Å². The van der Waals surface area contributed by atoms with E-state index in [0.29, 0.717) is 11.7 Å². The molecule has 1 heterocycles. The van der Waals surface area contributed by atoms with E-state index in [0.717, 1.165) is 29.4 Å². The van der Waals surface area contributed by atoms with Gasteiger partial charge in [0.25, 0.3) is 0 Å². The number of nitrogens with zero attached hydrogens (tertiary/aromatic N) is 2. The van der Waals surface area contributed by atoms with Crippen LogP contribution in [0.4, 0.5) is 5.82 Å². The number of aromatic nitrogens is 2. The molecule has 4 nitrogen and oxygen atoms in total. The Bertz CT molecular complexity index is 403. The van der Waals surface area contributed by atoms with Gasteiger partial charge in [0, 0.05) is 12.0 Å². The van der Waals surface area contributed by atoms with Gasteiger partial charge in [0.1, 0.15) is 5.82 Å². The molecule has 4 heteroatoms. The van der Waals surface area contributed by atoms with E-state index in [4.69, 9.17) is 11.6 Å². The zero-order valence-corrected chi connectivity index (χ0v) is 10.0. The average Bonchev–Trinajstić information content (AvgIpc) is 2.57. The lowest BCUT2D eigenvalue weighted by molar-refractivity contribution is -0.00427. The van der Waals surface area contributed by atoms with E-state index in [9.17, 15) is 0 Å². The Morgan fingerprint density at radius 3 is 2.12 bits per heavy atom. The summed E-state index contributed by atoms with van der Waals surface area (Å²) in [6.45, 7) is 0. The van der Waals surface area contributed by atoms with Crippen molar-refractivity contribution in [1.29, 1.82) is 0 Å². The fourth-order valence-electron chi connectivity index (χ4n) is 5.00. The van der Waals surface area contributed by atoms with Crippen molar-refractivity contribution in [2.75, 3.05) is 11.6 Å². The van der Waals surface area contributed by atoms with E-state index in [1.807, 2.05) is 6.07 Å². The van der Waals surface area contributed by atoms with Crippen LogP contribution in [0.15, 0.2) is 6.07 Å². The summed E-state index contributed by atoms with van der Waals surface area (Å²) in [6, 6.07) is 1.99. The number of hydrogen-bond acceptors (Lipinski definition) is 3. The van der Waals surface area contributed by atoms with Crippen molar-refractivity contribution in [2.45, 2.75) is 38.0 Å². The molecule has 4 saturated carbocycles. The standard InChI is InChI=1S/C13H20N4/c14-12-6-11(16-17(12)15)13-9-2-7-1-8(4-9)5-10(13)3-7/h6-10,13H,1-5,14-15H2. The molecule has 4 fully saturated rings. The molecule has 1 aromatic rings. The Balaban J connectivity index is 1.70. The second-order valence-corrected chi connectivity index (χ2v) is 6.40. The second kappa shape index (κ2) is 3.18. The predicted molar refractivity (Wildman–Crippen MR) is 66.6 cm³/mol. The quantitative estimate of drug-likeness (QED) is 0.724. The lowest BCUT2D eigenvalue weighted by atomic mass is 9.51. The van der Waals surface area contributed by atoms with Gasteiger partial charge in [-0.1, -0.05) is 0 Å². The van der Waals surface area contributed by atoms with Gasteiger partial charge in [0.2, 0.25) is 0 Å². The van der Waals surface area contributed by atoms with Crippen molar-refractivity contribution in [1.82, 2.24) is 9.89 Å². The minimum absolute atomic E-state index is 0.591. The Hall–Kier alpha value is -1.19. The summed E-state index contributed by atoms with van der Waals surface area (Å²) in [5.41, 5.74) is 6.96. The summed E-state index contributed by atoms with van der Waals surface area (Å²) in [6.07, 6.45) is 7.14. The van der Waals surface area contributed by atoms with E-state index >= 15 is 0 Å². The van der Waals surface area contributed by atoms with E-state index in [1.54, 1.807) is 0 Å². The second-order valence-electron chi connectivity index (χ2n) is 6.40. The number of hydrogen-bond donors (Lipinski definition) is 2.